The SMILES string of the molecule is CCCc1nc(NN)cc(NC(CCO)C(C)C)n1. The van der Waals surface area contributed by atoms with Crippen molar-refractivity contribution in [2.24, 2.45) is 11.8 Å². The van der Waals surface area contributed by atoms with Gasteiger partial charge >= 0.3 is 0 Å². The number of anilines is 2. The fourth-order valence-electron chi connectivity index (χ4n) is 1.88. The molecular formula is C13H25N5O. The fourth-order valence-corrected chi connectivity index (χ4v) is 1.88. The topological polar surface area (TPSA) is 96.1 Å². The number of nitrogens with one attached hydrogen (secondary N) is 2. The van der Waals surface area contributed by atoms with Crippen molar-refractivity contribution in [2.45, 2.75) is 46.1 Å². The summed E-state index contributed by atoms with van der Waals surface area (Å²) in [6, 6.07) is 1.96. The summed E-state index contributed by atoms with van der Waals surface area (Å²) in [7, 11) is 0. The third-order valence-corrected chi connectivity index (χ3v) is 2.97. The summed E-state index contributed by atoms with van der Waals surface area (Å²) in [6.45, 7) is 6.47. The number of hydrogen-bond donors (Lipinski definition) is 4. The van der Waals surface area contributed by atoms with Gasteiger partial charge in [0.2, 0.25) is 0 Å². The van der Waals surface area contributed by atoms with E-state index in [1.165, 1.54) is 0 Å². The predicted molar refractivity (Wildman–Crippen MR) is 77.8 cm³/mol. The minimum absolute atomic E-state index is 0.157. The highest BCUT2D eigenvalue weighted by Crippen LogP contribution is 2.16. The Labute approximate surface area is 114 Å². The normalized spacial score (nSPS) is 12.5. The number of aryl methyl sites for hydroxylation is 1. The Morgan fingerprint density at radius 3 is 2.53 bits per heavy atom. The van der Waals surface area contributed by atoms with Gasteiger partial charge in [-0.05, 0) is 18.8 Å². The number of nitrogens with two attached hydrogens (primary N) is 1. The van der Waals surface area contributed by atoms with E-state index >= 15 is 0 Å². The highest BCUT2D eigenvalue weighted by Gasteiger charge is 2.14. The molecule has 0 radical (unpaired) electrons. The van der Waals surface area contributed by atoms with Crippen molar-refractivity contribution in [3.8, 4) is 0 Å². The molecule has 1 aromatic heterocycles. The van der Waals surface area contributed by atoms with Crippen LogP contribution in [0, 0.1) is 5.92 Å². The second-order valence-corrected chi connectivity index (χ2v) is 4.96. The molecule has 5 N–H and O–H groups in total. The zero-order valence-corrected chi connectivity index (χ0v) is 12.0. The molecule has 6 heteroatoms. The van der Waals surface area contributed by atoms with E-state index in [1.807, 2.05) is 0 Å². The van der Waals surface area contributed by atoms with Crippen molar-refractivity contribution in [1.82, 2.24) is 9.97 Å². The number of rotatable bonds is 8. The molecule has 0 amide bonds. The smallest absolute Gasteiger partial charge is 0.145 e. The summed E-state index contributed by atoms with van der Waals surface area (Å²) < 4.78 is 0. The summed E-state index contributed by atoms with van der Waals surface area (Å²) >= 11 is 0. The molecular weight excluding hydrogens is 242 g/mol. The summed E-state index contributed by atoms with van der Waals surface area (Å²) in [4.78, 5) is 8.78. The van der Waals surface area contributed by atoms with Crippen LogP contribution < -0.4 is 16.6 Å². The Hall–Kier alpha value is -1.40. The van der Waals surface area contributed by atoms with Crippen molar-refractivity contribution in [2.75, 3.05) is 17.3 Å². The molecule has 0 aliphatic heterocycles. The maximum absolute atomic E-state index is 9.10. The number of aliphatic hydroxyl groups is 1. The molecule has 0 saturated heterocycles. The Morgan fingerprint density at radius 2 is 2.00 bits per heavy atom. The van der Waals surface area contributed by atoms with Crippen molar-refractivity contribution in [3.05, 3.63) is 11.9 Å². The van der Waals surface area contributed by atoms with Crippen LogP contribution in [0.1, 0.15) is 39.4 Å². The lowest BCUT2D eigenvalue weighted by atomic mass is 10.0. The minimum atomic E-state index is 0.157. The first kappa shape index (κ1) is 15.7. The summed E-state index contributed by atoms with van der Waals surface area (Å²) in [5, 5.41) is 12.4. The van der Waals surface area contributed by atoms with Crippen LogP contribution in [0.15, 0.2) is 6.07 Å². The molecule has 0 saturated carbocycles. The van der Waals surface area contributed by atoms with Crippen LogP contribution >= 0.6 is 0 Å². The van der Waals surface area contributed by atoms with E-state index < -0.39 is 0 Å². The van der Waals surface area contributed by atoms with Crippen molar-refractivity contribution >= 4 is 11.6 Å². The van der Waals surface area contributed by atoms with Gasteiger partial charge < -0.3 is 15.8 Å². The van der Waals surface area contributed by atoms with Crippen molar-refractivity contribution in [1.29, 1.82) is 0 Å². The molecule has 1 heterocycles. The Bertz CT molecular complexity index is 383. The maximum Gasteiger partial charge on any atom is 0.145 e. The molecule has 6 nitrogen and oxygen atoms in total. The third kappa shape index (κ3) is 5.00. The van der Waals surface area contributed by atoms with E-state index in [-0.39, 0.29) is 12.6 Å². The maximum atomic E-state index is 9.10. The van der Waals surface area contributed by atoms with Crippen LogP contribution in [0.3, 0.4) is 0 Å². The van der Waals surface area contributed by atoms with E-state index in [2.05, 4.69) is 41.5 Å². The van der Waals surface area contributed by atoms with Gasteiger partial charge in [-0.25, -0.2) is 15.8 Å². The first-order valence-electron chi connectivity index (χ1n) is 6.82. The van der Waals surface area contributed by atoms with Gasteiger partial charge in [-0.1, -0.05) is 20.8 Å². The third-order valence-electron chi connectivity index (χ3n) is 2.97. The molecule has 1 rings (SSSR count). The van der Waals surface area contributed by atoms with Crippen LogP contribution in [0.5, 0.6) is 0 Å². The Morgan fingerprint density at radius 1 is 1.32 bits per heavy atom. The van der Waals surface area contributed by atoms with E-state index in [1.54, 1.807) is 6.07 Å². The van der Waals surface area contributed by atoms with E-state index in [9.17, 15) is 0 Å². The molecule has 0 fully saturated rings. The molecule has 0 aliphatic rings. The number of nitrogen functional groups attached to an aromatic ring is 1. The molecule has 0 bridgehead atoms. The highest BCUT2D eigenvalue weighted by molar-refractivity contribution is 5.47. The predicted octanol–water partition coefficient (Wildman–Crippen LogP) is 1.53. The molecule has 1 aromatic rings. The average Bonchev–Trinajstić information content (AvgIpc) is 2.38. The summed E-state index contributed by atoms with van der Waals surface area (Å²) in [6.07, 6.45) is 2.49. The largest absolute Gasteiger partial charge is 0.396 e. The lowest BCUT2D eigenvalue weighted by molar-refractivity contribution is 0.267. The number of nitrogens with zero attached hydrogens (tertiary/aromatic N) is 2. The Kier molecular flexibility index (Phi) is 6.52. The summed E-state index contributed by atoms with van der Waals surface area (Å²) in [5.74, 6) is 7.96. The lowest BCUT2D eigenvalue weighted by Gasteiger charge is -2.22. The van der Waals surface area contributed by atoms with Gasteiger partial charge in [0.1, 0.15) is 17.5 Å². The molecule has 19 heavy (non-hydrogen) atoms. The average molecular weight is 267 g/mol. The van der Waals surface area contributed by atoms with Crippen molar-refractivity contribution in [3.63, 3.8) is 0 Å². The monoisotopic (exact) mass is 267 g/mol. The van der Waals surface area contributed by atoms with Gasteiger partial charge in [0.05, 0.1) is 0 Å². The van der Waals surface area contributed by atoms with Gasteiger partial charge in [-0.15, -0.1) is 0 Å². The first-order chi connectivity index (χ1) is 9.10. The van der Waals surface area contributed by atoms with Crippen LogP contribution in [0.25, 0.3) is 0 Å². The fraction of sp³-hybridized carbons (Fsp3) is 0.692. The van der Waals surface area contributed by atoms with Crippen molar-refractivity contribution < 1.29 is 5.11 Å². The molecule has 0 aromatic carbocycles. The Balaban J connectivity index is 2.88. The molecule has 0 aliphatic carbocycles. The number of aromatic nitrogens is 2. The van der Waals surface area contributed by atoms with Crippen LogP contribution in [0.4, 0.5) is 11.6 Å². The second-order valence-electron chi connectivity index (χ2n) is 4.96. The van der Waals surface area contributed by atoms with Gasteiger partial charge in [0, 0.05) is 25.1 Å². The molecule has 108 valence electrons. The van der Waals surface area contributed by atoms with E-state index in [0.717, 1.165) is 24.5 Å². The first-order valence-corrected chi connectivity index (χ1v) is 6.82. The van der Waals surface area contributed by atoms with Gasteiger partial charge in [0.15, 0.2) is 0 Å². The van der Waals surface area contributed by atoms with Gasteiger partial charge in [0.25, 0.3) is 0 Å². The van der Waals surface area contributed by atoms with E-state index in [4.69, 9.17) is 10.9 Å². The molecule has 1 atom stereocenters. The van der Waals surface area contributed by atoms with Gasteiger partial charge in [-0.2, -0.15) is 0 Å². The quantitative estimate of drug-likeness (QED) is 0.421. The summed E-state index contributed by atoms with van der Waals surface area (Å²) in [5.41, 5.74) is 2.56. The van der Waals surface area contributed by atoms with E-state index in [0.29, 0.717) is 18.2 Å². The second kappa shape index (κ2) is 7.91. The minimum Gasteiger partial charge on any atom is -0.396 e. The molecule has 1 unspecified atom stereocenters. The zero-order chi connectivity index (χ0) is 14.3. The van der Waals surface area contributed by atoms with Crippen LogP contribution in [-0.4, -0.2) is 27.7 Å². The zero-order valence-electron chi connectivity index (χ0n) is 12.0. The van der Waals surface area contributed by atoms with Gasteiger partial charge in [-0.3, -0.25) is 0 Å². The number of aliphatic hydroxyl groups excluding tert-OH is 1. The van der Waals surface area contributed by atoms with Crippen LogP contribution in [0.2, 0.25) is 0 Å². The lowest BCUT2D eigenvalue weighted by Crippen LogP contribution is -2.27. The number of hydrogen-bond acceptors (Lipinski definition) is 6. The van der Waals surface area contributed by atoms with Crippen LogP contribution in [-0.2, 0) is 6.42 Å². The number of hydrazine groups is 1. The molecule has 0 spiro atoms. The standard InChI is InChI=1S/C13H25N5O/c1-4-5-11-16-12(8-13(17-11)18-14)15-10(6-7-19)9(2)3/h8-10,19H,4-7,14H2,1-3H3,(H2,15,16,17,18). The highest BCUT2D eigenvalue weighted by atomic mass is 16.3.